The van der Waals surface area contributed by atoms with E-state index in [-0.39, 0.29) is 30.5 Å². The molecule has 0 aliphatic carbocycles. The van der Waals surface area contributed by atoms with Gasteiger partial charge < -0.3 is 15.2 Å². The summed E-state index contributed by atoms with van der Waals surface area (Å²) >= 11 is 0. The van der Waals surface area contributed by atoms with E-state index in [0.29, 0.717) is 19.0 Å². The van der Waals surface area contributed by atoms with Crippen LogP contribution in [0, 0.1) is 6.92 Å². The van der Waals surface area contributed by atoms with Crippen molar-refractivity contribution < 1.29 is 13.2 Å². The first kappa shape index (κ1) is 20.5. The van der Waals surface area contributed by atoms with Gasteiger partial charge in [0.2, 0.25) is 0 Å². The molecule has 0 amide bonds. The first-order valence-corrected chi connectivity index (χ1v) is 7.34. The molecule has 0 saturated carbocycles. The number of imidazole rings is 1. The summed E-state index contributed by atoms with van der Waals surface area (Å²) in [6.07, 6.45) is -5.06. The van der Waals surface area contributed by atoms with Gasteiger partial charge in [-0.1, -0.05) is 12.1 Å². The van der Waals surface area contributed by atoms with Gasteiger partial charge in [0.1, 0.15) is 5.82 Å². The Morgan fingerprint density at radius 3 is 2.54 bits per heavy atom. The highest BCUT2D eigenvalue weighted by Gasteiger charge is 2.26. The molecular weight excluding hydrogens is 434 g/mol. The van der Waals surface area contributed by atoms with Crippen molar-refractivity contribution in [3.63, 3.8) is 0 Å². The lowest BCUT2D eigenvalue weighted by molar-refractivity contribution is -0.132. The van der Waals surface area contributed by atoms with E-state index in [4.69, 9.17) is 0 Å². The van der Waals surface area contributed by atoms with E-state index in [1.165, 1.54) is 7.05 Å². The monoisotopic (exact) mass is 455 g/mol. The molecular formula is C15H21F3IN5. The smallest absolute Gasteiger partial charge is 0.356 e. The average molecular weight is 455 g/mol. The van der Waals surface area contributed by atoms with Crippen molar-refractivity contribution in [2.24, 2.45) is 4.99 Å². The number of rotatable bonds is 5. The van der Waals surface area contributed by atoms with Gasteiger partial charge in [-0.2, -0.15) is 13.2 Å². The van der Waals surface area contributed by atoms with Crippen LogP contribution >= 0.6 is 24.0 Å². The van der Waals surface area contributed by atoms with Crippen LogP contribution in [0.5, 0.6) is 0 Å². The Morgan fingerprint density at radius 2 is 1.88 bits per heavy atom. The van der Waals surface area contributed by atoms with Crippen molar-refractivity contribution in [2.75, 3.05) is 20.1 Å². The summed E-state index contributed by atoms with van der Waals surface area (Å²) < 4.78 is 38.5. The van der Waals surface area contributed by atoms with E-state index in [0.717, 1.165) is 16.9 Å². The van der Waals surface area contributed by atoms with Crippen LogP contribution in [0.25, 0.3) is 11.0 Å². The van der Waals surface area contributed by atoms with Gasteiger partial charge in [-0.25, -0.2) is 4.98 Å². The molecule has 0 bridgehead atoms. The van der Waals surface area contributed by atoms with Crippen LogP contribution in [0.4, 0.5) is 13.2 Å². The standard InChI is InChI=1S/C15H20F3N5.HI/c1-11-22-12-5-3-4-6-13(12)23(11)10-9-21-14(19-2)20-8-7-15(16,17)18;/h3-6H,7-10H2,1-2H3,(H2,19,20,21);1H. The minimum absolute atomic E-state index is 0. The number of hydrogen-bond acceptors (Lipinski definition) is 2. The molecule has 0 aliphatic heterocycles. The number of benzene rings is 1. The summed E-state index contributed by atoms with van der Waals surface area (Å²) in [6.45, 7) is 2.91. The predicted molar refractivity (Wildman–Crippen MR) is 99.9 cm³/mol. The third-order valence-corrected chi connectivity index (χ3v) is 3.40. The predicted octanol–water partition coefficient (Wildman–Crippen LogP) is 3.08. The van der Waals surface area contributed by atoms with Gasteiger partial charge in [0.05, 0.1) is 17.5 Å². The van der Waals surface area contributed by atoms with Crippen molar-refractivity contribution in [3.8, 4) is 0 Å². The van der Waals surface area contributed by atoms with Crippen molar-refractivity contribution in [2.45, 2.75) is 26.1 Å². The molecule has 9 heteroatoms. The average Bonchev–Trinajstić information content (AvgIpc) is 2.80. The molecule has 0 saturated heterocycles. The minimum atomic E-state index is -4.17. The maximum atomic E-state index is 12.1. The number of aryl methyl sites for hydroxylation is 1. The molecule has 2 aromatic rings. The first-order valence-electron chi connectivity index (χ1n) is 7.34. The molecule has 134 valence electrons. The fraction of sp³-hybridized carbons (Fsp3) is 0.467. The van der Waals surface area contributed by atoms with Crippen LogP contribution < -0.4 is 10.6 Å². The van der Waals surface area contributed by atoms with Gasteiger partial charge in [0, 0.05) is 26.7 Å². The van der Waals surface area contributed by atoms with Crippen LogP contribution in [0.1, 0.15) is 12.2 Å². The summed E-state index contributed by atoms with van der Waals surface area (Å²) in [7, 11) is 1.53. The second-order valence-corrected chi connectivity index (χ2v) is 5.09. The van der Waals surface area contributed by atoms with Crippen LogP contribution in [0.15, 0.2) is 29.3 Å². The first-order chi connectivity index (χ1) is 10.9. The molecule has 5 nitrogen and oxygen atoms in total. The Labute approximate surface area is 155 Å². The third-order valence-electron chi connectivity index (χ3n) is 3.40. The van der Waals surface area contributed by atoms with E-state index in [2.05, 4.69) is 25.2 Å². The Balaban J connectivity index is 0.00000288. The maximum absolute atomic E-state index is 12.1. The van der Waals surface area contributed by atoms with Gasteiger partial charge >= 0.3 is 6.18 Å². The number of alkyl halides is 3. The van der Waals surface area contributed by atoms with Crippen LogP contribution in [-0.2, 0) is 6.54 Å². The van der Waals surface area contributed by atoms with Crippen molar-refractivity contribution in [1.82, 2.24) is 20.2 Å². The molecule has 0 fully saturated rings. The number of aromatic nitrogens is 2. The minimum Gasteiger partial charge on any atom is -0.356 e. The Bertz CT molecular complexity index is 681. The maximum Gasteiger partial charge on any atom is 0.390 e. The molecule has 0 radical (unpaired) electrons. The van der Waals surface area contributed by atoms with E-state index in [1.807, 2.05) is 31.2 Å². The zero-order valence-corrected chi connectivity index (χ0v) is 15.9. The Kier molecular flexibility index (Phi) is 7.77. The number of nitrogens with one attached hydrogen (secondary N) is 2. The Hall–Kier alpha value is -1.52. The van der Waals surface area contributed by atoms with Gasteiger partial charge in [-0.3, -0.25) is 4.99 Å². The van der Waals surface area contributed by atoms with E-state index in [1.54, 1.807) is 0 Å². The number of hydrogen-bond donors (Lipinski definition) is 2. The zero-order chi connectivity index (χ0) is 16.9. The van der Waals surface area contributed by atoms with Crippen molar-refractivity contribution >= 4 is 41.0 Å². The fourth-order valence-electron chi connectivity index (χ4n) is 2.31. The van der Waals surface area contributed by atoms with Gasteiger partial charge in [-0.05, 0) is 19.1 Å². The summed E-state index contributed by atoms with van der Waals surface area (Å²) in [6, 6.07) is 7.82. The van der Waals surface area contributed by atoms with Crippen LogP contribution in [0.3, 0.4) is 0 Å². The fourth-order valence-corrected chi connectivity index (χ4v) is 2.31. The molecule has 1 heterocycles. The molecule has 24 heavy (non-hydrogen) atoms. The van der Waals surface area contributed by atoms with Crippen LogP contribution in [0.2, 0.25) is 0 Å². The Morgan fingerprint density at radius 1 is 1.21 bits per heavy atom. The van der Waals surface area contributed by atoms with E-state index < -0.39 is 12.6 Å². The van der Waals surface area contributed by atoms with E-state index >= 15 is 0 Å². The third kappa shape index (κ3) is 5.84. The SMILES string of the molecule is CN=C(NCCn1c(C)nc2ccccc21)NCCC(F)(F)F.I. The number of para-hydroxylation sites is 2. The largest absolute Gasteiger partial charge is 0.390 e. The lowest BCUT2D eigenvalue weighted by Gasteiger charge is -2.14. The van der Waals surface area contributed by atoms with Crippen LogP contribution in [-0.4, -0.2) is 41.8 Å². The van der Waals surface area contributed by atoms with Gasteiger partial charge in [0.15, 0.2) is 5.96 Å². The summed E-state index contributed by atoms with van der Waals surface area (Å²) in [5.74, 6) is 1.25. The molecule has 2 N–H and O–H groups in total. The summed E-state index contributed by atoms with van der Waals surface area (Å²) in [5.41, 5.74) is 1.96. The highest BCUT2D eigenvalue weighted by atomic mass is 127. The molecule has 0 aliphatic rings. The van der Waals surface area contributed by atoms with E-state index in [9.17, 15) is 13.2 Å². The van der Waals surface area contributed by atoms with Gasteiger partial charge in [-0.15, -0.1) is 24.0 Å². The number of guanidine groups is 1. The van der Waals surface area contributed by atoms with Crippen molar-refractivity contribution in [3.05, 3.63) is 30.1 Å². The zero-order valence-electron chi connectivity index (χ0n) is 13.5. The van der Waals surface area contributed by atoms with Crippen molar-refractivity contribution in [1.29, 1.82) is 0 Å². The molecule has 2 rings (SSSR count). The summed E-state index contributed by atoms with van der Waals surface area (Å²) in [4.78, 5) is 8.39. The number of aliphatic imine (C=N–C) groups is 1. The highest BCUT2D eigenvalue weighted by molar-refractivity contribution is 14.0. The molecule has 0 unspecified atom stereocenters. The van der Waals surface area contributed by atoms with Gasteiger partial charge in [0.25, 0.3) is 0 Å². The topological polar surface area (TPSA) is 54.2 Å². The number of fused-ring (bicyclic) bond motifs is 1. The summed E-state index contributed by atoms with van der Waals surface area (Å²) in [5, 5.41) is 5.66. The quantitative estimate of drug-likeness (QED) is 0.414. The molecule has 1 aromatic heterocycles. The number of halogens is 4. The second kappa shape index (κ2) is 9.09. The molecule has 0 atom stereocenters. The lowest BCUT2D eigenvalue weighted by Crippen LogP contribution is -2.40. The second-order valence-electron chi connectivity index (χ2n) is 5.09. The molecule has 0 spiro atoms. The lowest BCUT2D eigenvalue weighted by atomic mass is 10.3. The highest BCUT2D eigenvalue weighted by Crippen LogP contribution is 2.18. The normalized spacial score (nSPS) is 12.1. The molecule has 1 aromatic carbocycles. The number of nitrogens with zero attached hydrogens (tertiary/aromatic N) is 3.